The average molecular weight is 388 g/mol. The minimum Gasteiger partial charge on any atom is -0.448 e. The Labute approximate surface area is 162 Å². The Balaban J connectivity index is 1.41. The zero-order chi connectivity index (χ0) is 19.7. The van der Waals surface area contributed by atoms with Crippen LogP contribution in [0.2, 0.25) is 0 Å². The van der Waals surface area contributed by atoms with Crippen molar-refractivity contribution in [3.05, 3.63) is 48.0 Å². The quantitative estimate of drug-likeness (QED) is 0.787. The van der Waals surface area contributed by atoms with Crippen molar-refractivity contribution < 1.29 is 23.0 Å². The van der Waals surface area contributed by atoms with Crippen molar-refractivity contribution in [1.82, 2.24) is 0 Å². The lowest BCUT2D eigenvalue weighted by Crippen LogP contribution is -2.40. The van der Waals surface area contributed by atoms with E-state index in [1.165, 1.54) is 12.5 Å². The summed E-state index contributed by atoms with van der Waals surface area (Å²) in [5, 5.41) is 5.53. The summed E-state index contributed by atoms with van der Waals surface area (Å²) in [4.78, 5) is 12.3. The van der Waals surface area contributed by atoms with Crippen LogP contribution in [0.15, 0.2) is 36.4 Å². The number of anilines is 2. The fourth-order valence-electron chi connectivity index (χ4n) is 3.63. The first-order valence-corrected chi connectivity index (χ1v) is 9.49. The maximum absolute atomic E-state index is 13.7. The van der Waals surface area contributed by atoms with E-state index in [1.54, 1.807) is 13.0 Å². The molecular weight excluding hydrogens is 366 g/mol. The first-order chi connectivity index (χ1) is 13.4. The Morgan fingerprint density at radius 3 is 2.54 bits per heavy atom. The standard InChI is InChI=1S/C21H22F2N2O3/c1-13(20(26)25-17-7-5-14(22)11-16(17)23)24-15-6-8-18-19(12-15)28-21(27-18)9-3-2-4-10-21/h5-8,11-13,24H,2-4,9-10H2,1H3,(H,25,26). The molecule has 2 aromatic rings. The summed E-state index contributed by atoms with van der Waals surface area (Å²) in [6, 6.07) is 7.81. The third-order valence-corrected chi connectivity index (χ3v) is 5.12. The first kappa shape index (κ1) is 18.5. The number of halogens is 2. The van der Waals surface area contributed by atoms with Gasteiger partial charge in [0.25, 0.3) is 5.79 Å². The highest BCUT2D eigenvalue weighted by Gasteiger charge is 2.42. The maximum Gasteiger partial charge on any atom is 0.251 e. The molecule has 28 heavy (non-hydrogen) atoms. The van der Waals surface area contributed by atoms with Crippen molar-refractivity contribution in [3.8, 4) is 11.5 Å². The molecule has 2 aliphatic rings. The van der Waals surface area contributed by atoms with E-state index in [4.69, 9.17) is 9.47 Å². The number of ether oxygens (including phenoxy) is 2. The number of nitrogens with one attached hydrogen (secondary N) is 2. The van der Waals surface area contributed by atoms with Gasteiger partial charge < -0.3 is 20.1 Å². The van der Waals surface area contributed by atoms with E-state index in [2.05, 4.69) is 10.6 Å². The van der Waals surface area contributed by atoms with Gasteiger partial charge in [-0.1, -0.05) is 6.42 Å². The Kier molecular flexibility index (Phi) is 4.83. The van der Waals surface area contributed by atoms with Crippen LogP contribution in [0.5, 0.6) is 11.5 Å². The van der Waals surface area contributed by atoms with E-state index in [0.717, 1.165) is 37.8 Å². The molecule has 1 spiro atoms. The van der Waals surface area contributed by atoms with Gasteiger partial charge in [0.2, 0.25) is 5.91 Å². The number of fused-ring (bicyclic) bond motifs is 1. The second-order valence-electron chi connectivity index (χ2n) is 7.32. The van der Waals surface area contributed by atoms with Gasteiger partial charge >= 0.3 is 0 Å². The number of carbonyl (C=O) groups is 1. The lowest BCUT2D eigenvalue weighted by molar-refractivity contribution is -0.116. The number of carbonyl (C=O) groups excluding carboxylic acids is 1. The van der Waals surface area contributed by atoms with Gasteiger partial charge in [-0.25, -0.2) is 8.78 Å². The van der Waals surface area contributed by atoms with Crippen LogP contribution in [0.25, 0.3) is 0 Å². The number of hydrogen-bond donors (Lipinski definition) is 2. The fourth-order valence-corrected chi connectivity index (χ4v) is 3.63. The van der Waals surface area contributed by atoms with E-state index in [1.807, 2.05) is 12.1 Å². The Morgan fingerprint density at radius 1 is 1.04 bits per heavy atom. The van der Waals surface area contributed by atoms with Crippen LogP contribution < -0.4 is 20.1 Å². The van der Waals surface area contributed by atoms with E-state index in [9.17, 15) is 13.6 Å². The SMILES string of the molecule is CC(Nc1ccc2c(c1)OC1(CCCCC1)O2)C(=O)Nc1ccc(F)cc1F. The summed E-state index contributed by atoms with van der Waals surface area (Å²) in [6.45, 7) is 1.66. The molecule has 5 nitrogen and oxygen atoms in total. The number of benzene rings is 2. The first-order valence-electron chi connectivity index (χ1n) is 9.49. The van der Waals surface area contributed by atoms with Crippen LogP contribution >= 0.6 is 0 Å². The smallest absolute Gasteiger partial charge is 0.251 e. The minimum absolute atomic E-state index is 0.0648. The van der Waals surface area contributed by atoms with Crippen LogP contribution in [0.3, 0.4) is 0 Å². The molecule has 4 rings (SSSR count). The molecule has 0 bridgehead atoms. The zero-order valence-electron chi connectivity index (χ0n) is 15.6. The molecule has 0 radical (unpaired) electrons. The minimum atomic E-state index is -0.818. The van der Waals surface area contributed by atoms with Crippen LogP contribution in [0.1, 0.15) is 39.0 Å². The lowest BCUT2D eigenvalue weighted by atomic mass is 9.94. The van der Waals surface area contributed by atoms with Gasteiger partial charge in [-0.3, -0.25) is 4.79 Å². The molecular formula is C21H22F2N2O3. The van der Waals surface area contributed by atoms with Gasteiger partial charge in [0.15, 0.2) is 11.5 Å². The van der Waals surface area contributed by atoms with Gasteiger partial charge in [-0.15, -0.1) is 0 Å². The van der Waals surface area contributed by atoms with Gasteiger partial charge in [0.1, 0.15) is 17.7 Å². The van der Waals surface area contributed by atoms with Gasteiger partial charge in [0.05, 0.1) is 5.69 Å². The molecule has 2 aromatic carbocycles. The van der Waals surface area contributed by atoms with Gasteiger partial charge in [0, 0.05) is 30.7 Å². The van der Waals surface area contributed by atoms with E-state index < -0.39 is 29.4 Å². The van der Waals surface area contributed by atoms with E-state index in [-0.39, 0.29) is 5.69 Å². The summed E-state index contributed by atoms with van der Waals surface area (Å²) in [7, 11) is 0. The molecule has 1 aliphatic carbocycles. The Morgan fingerprint density at radius 2 is 1.79 bits per heavy atom. The van der Waals surface area contributed by atoms with Crippen molar-refractivity contribution in [1.29, 1.82) is 0 Å². The summed E-state index contributed by atoms with van der Waals surface area (Å²) in [6.07, 6.45) is 5.09. The summed E-state index contributed by atoms with van der Waals surface area (Å²) in [5.41, 5.74) is 0.627. The molecule has 0 saturated heterocycles. The van der Waals surface area contributed by atoms with E-state index >= 15 is 0 Å². The van der Waals surface area contributed by atoms with Crippen LogP contribution in [-0.4, -0.2) is 17.7 Å². The molecule has 1 heterocycles. The van der Waals surface area contributed by atoms with Crippen molar-refractivity contribution in [2.24, 2.45) is 0 Å². The number of amides is 1. The highest BCUT2D eigenvalue weighted by Crippen LogP contribution is 2.46. The molecule has 1 aliphatic heterocycles. The summed E-state index contributed by atoms with van der Waals surface area (Å²) < 4.78 is 38.8. The molecule has 1 unspecified atom stereocenters. The highest BCUT2D eigenvalue weighted by molar-refractivity contribution is 5.96. The third-order valence-electron chi connectivity index (χ3n) is 5.12. The fraction of sp³-hybridized carbons (Fsp3) is 0.381. The Hall–Kier alpha value is -2.83. The monoisotopic (exact) mass is 388 g/mol. The lowest BCUT2D eigenvalue weighted by Gasteiger charge is -2.31. The van der Waals surface area contributed by atoms with Crippen LogP contribution in [0.4, 0.5) is 20.2 Å². The largest absolute Gasteiger partial charge is 0.448 e. The maximum atomic E-state index is 13.7. The third kappa shape index (κ3) is 3.74. The van der Waals surface area contributed by atoms with Crippen molar-refractivity contribution in [2.45, 2.75) is 50.9 Å². The number of hydrogen-bond acceptors (Lipinski definition) is 4. The van der Waals surface area contributed by atoms with Crippen molar-refractivity contribution in [2.75, 3.05) is 10.6 Å². The van der Waals surface area contributed by atoms with Crippen molar-refractivity contribution in [3.63, 3.8) is 0 Å². The molecule has 1 fully saturated rings. The molecule has 148 valence electrons. The van der Waals surface area contributed by atoms with E-state index in [0.29, 0.717) is 17.2 Å². The molecule has 1 saturated carbocycles. The van der Waals surface area contributed by atoms with Crippen LogP contribution in [-0.2, 0) is 4.79 Å². The molecule has 2 N–H and O–H groups in total. The average Bonchev–Trinajstić information content (AvgIpc) is 3.01. The summed E-state index contributed by atoms with van der Waals surface area (Å²) >= 11 is 0. The molecule has 7 heteroatoms. The predicted octanol–water partition coefficient (Wildman–Crippen LogP) is 4.84. The topological polar surface area (TPSA) is 59.6 Å². The normalized spacial score (nSPS) is 18.0. The van der Waals surface area contributed by atoms with Gasteiger partial charge in [-0.2, -0.15) is 0 Å². The highest BCUT2D eigenvalue weighted by atomic mass is 19.1. The van der Waals surface area contributed by atoms with Crippen LogP contribution in [0, 0.1) is 11.6 Å². The summed E-state index contributed by atoms with van der Waals surface area (Å²) in [5.74, 6) is -1.14. The molecule has 1 amide bonds. The zero-order valence-corrected chi connectivity index (χ0v) is 15.6. The van der Waals surface area contributed by atoms with Crippen molar-refractivity contribution >= 4 is 17.3 Å². The molecule has 0 aromatic heterocycles. The predicted molar refractivity (Wildman–Crippen MR) is 102 cm³/mol. The molecule has 1 atom stereocenters. The number of rotatable bonds is 4. The second kappa shape index (κ2) is 7.30. The second-order valence-corrected chi connectivity index (χ2v) is 7.32. The Bertz CT molecular complexity index is 897. The van der Waals surface area contributed by atoms with Gasteiger partial charge in [-0.05, 0) is 44.0 Å².